The maximum Gasteiger partial charge on any atom is 0.338 e. The van der Waals surface area contributed by atoms with Crippen LogP contribution >= 0.6 is 0 Å². The average Bonchev–Trinajstić information content (AvgIpc) is 2.51. The molecule has 0 spiro atoms. The number of aliphatic hydroxyl groups is 1. The highest BCUT2D eigenvalue weighted by molar-refractivity contribution is 5.89. The number of hydrogen-bond donors (Lipinski definition) is 1. The van der Waals surface area contributed by atoms with Crippen LogP contribution in [0.3, 0.4) is 0 Å². The van der Waals surface area contributed by atoms with Gasteiger partial charge >= 0.3 is 5.97 Å². The summed E-state index contributed by atoms with van der Waals surface area (Å²) in [5.74, 6) is 1.01. The summed E-state index contributed by atoms with van der Waals surface area (Å²) in [6.45, 7) is 7.13. The van der Waals surface area contributed by atoms with Crippen LogP contribution < -0.4 is 0 Å². The Balaban J connectivity index is 2.30. The summed E-state index contributed by atoms with van der Waals surface area (Å²) in [5, 5.41) is 9.24. The third-order valence-corrected chi connectivity index (χ3v) is 3.88. The molecule has 0 amide bonds. The van der Waals surface area contributed by atoms with Crippen molar-refractivity contribution in [2.45, 2.75) is 40.0 Å². The number of carbonyl (C=O) groups excluding carboxylic acids is 1. The van der Waals surface area contributed by atoms with Crippen LogP contribution in [-0.2, 0) is 4.74 Å². The summed E-state index contributed by atoms with van der Waals surface area (Å²) in [7, 11) is 0. The summed E-state index contributed by atoms with van der Waals surface area (Å²) in [4.78, 5) is 11.9. The van der Waals surface area contributed by atoms with E-state index >= 15 is 0 Å². The van der Waals surface area contributed by atoms with Gasteiger partial charge in [-0.3, -0.25) is 0 Å². The van der Waals surface area contributed by atoms with Gasteiger partial charge in [-0.05, 0) is 42.7 Å². The van der Waals surface area contributed by atoms with Gasteiger partial charge in [0, 0.05) is 6.61 Å². The molecular weight excluding hydrogens is 264 g/mol. The molecule has 0 bridgehead atoms. The van der Waals surface area contributed by atoms with Gasteiger partial charge in [-0.1, -0.05) is 45.4 Å². The molecular formula is C18H28O3. The Morgan fingerprint density at radius 1 is 1.14 bits per heavy atom. The zero-order valence-corrected chi connectivity index (χ0v) is 13.4. The minimum atomic E-state index is -0.253. The molecule has 1 aromatic carbocycles. The summed E-state index contributed by atoms with van der Waals surface area (Å²) in [5.41, 5.74) is 0.601. The quantitative estimate of drug-likeness (QED) is 0.702. The van der Waals surface area contributed by atoms with Crippen LogP contribution in [-0.4, -0.2) is 24.3 Å². The predicted molar refractivity (Wildman–Crippen MR) is 85.2 cm³/mol. The first-order valence-corrected chi connectivity index (χ1v) is 7.89. The van der Waals surface area contributed by atoms with E-state index in [-0.39, 0.29) is 12.6 Å². The first-order valence-electron chi connectivity index (χ1n) is 7.89. The molecule has 0 heterocycles. The molecule has 0 saturated carbocycles. The average molecular weight is 292 g/mol. The van der Waals surface area contributed by atoms with Gasteiger partial charge in [-0.2, -0.15) is 0 Å². The Hall–Kier alpha value is -1.35. The van der Waals surface area contributed by atoms with E-state index in [1.54, 1.807) is 12.1 Å². The van der Waals surface area contributed by atoms with Gasteiger partial charge in [0.25, 0.3) is 0 Å². The van der Waals surface area contributed by atoms with E-state index in [1.807, 2.05) is 18.2 Å². The van der Waals surface area contributed by atoms with Gasteiger partial charge in [-0.15, -0.1) is 0 Å². The third kappa shape index (κ3) is 6.76. The van der Waals surface area contributed by atoms with Crippen LogP contribution in [0.2, 0.25) is 0 Å². The minimum Gasteiger partial charge on any atom is -0.462 e. The second-order valence-corrected chi connectivity index (χ2v) is 6.10. The Morgan fingerprint density at radius 2 is 1.81 bits per heavy atom. The topological polar surface area (TPSA) is 46.5 Å². The van der Waals surface area contributed by atoms with Crippen molar-refractivity contribution in [1.82, 2.24) is 0 Å². The Morgan fingerprint density at radius 3 is 2.38 bits per heavy atom. The number of rotatable bonds is 9. The second-order valence-electron chi connectivity index (χ2n) is 6.10. The van der Waals surface area contributed by atoms with Crippen molar-refractivity contribution in [3.05, 3.63) is 35.9 Å². The second kappa shape index (κ2) is 9.56. The summed E-state index contributed by atoms with van der Waals surface area (Å²) in [6.07, 6.45) is 3.06. The lowest BCUT2D eigenvalue weighted by Gasteiger charge is -2.21. The van der Waals surface area contributed by atoms with Crippen LogP contribution in [0.25, 0.3) is 0 Å². The lowest BCUT2D eigenvalue weighted by Crippen LogP contribution is -2.16. The Kier molecular flexibility index (Phi) is 8.06. The first-order chi connectivity index (χ1) is 10.1. The number of esters is 1. The van der Waals surface area contributed by atoms with Crippen molar-refractivity contribution in [2.24, 2.45) is 17.8 Å². The Bertz CT molecular complexity index is 398. The van der Waals surface area contributed by atoms with Gasteiger partial charge in [0.2, 0.25) is 0 Å². The fraction of sp³-hybridized carbons (Fsp3) is 0.611. The third-order valence-electron chi connectivity index (χ3n) is 3.88. The maximum absolute atomic E-state index is 11.9. The zero-order valence-electron chi connectivity index (χ0n) is 13.4. The lowest BCUT2D eigenvalue weighted by atomic mass is 9.88. The molecule has 0 aliphatic rings. The molecule has 0 fully saturated rings. The highest BCUT2D eigenvalue weighted by Crippen LogP contribution is 2.22. The molecule has 21 heavy (non-hydrogen) atoms. The normalized spacial score (nSPS) is 15.2. The van der Waals surface area contributed by atoms with Crippen LogP contribution in [0.5, 0.6) is 0 Å². The van der Waals surface area contributed by atoms with E-state index in [2.05, 4.69) is 20.8 Å². The van der Waals surface area contributed by atoms with E-state index < -0.39 is 0 Å². The van der Waals surface area contributed by atoms with Gasteiger partial charge in [0.05, 0.1) is 12.2 Å². The molecule has 118 valence electrons. The molecule has 3 heteroatoms. The van der Waals surface area contributed by atoms with Gasteiger partial charge in [0.15, 0.2) is 0 Å². The minimum absolute atomic E-state index is 0.253. The van der Waals surface area contributed by atoms with Crippen molar-refractivity contribution in [3.63, 3.8) is 0 Å². The molecule has 0 saturated heterocycles. The van der Waals surface area contributed by atoms with Crippen LogP contribution in [0, 0.1) is 17.8 Å². The van der Waals surface area contributed by atoms with Gasteiger partial charge < -0.3 is 9.84 Å². The zero-order chi connectivity index (χ0) is 15.7. The molecule has 1 aromatic rings. The van der Waals surface area contributed by atoms with Crippen molar-refractivity contribution in [2.75, 3.05) is 13.2 Å². The van der Waals surface area contributed by atoms with E-state index in [9.17, 15) is 9.90 Å². The van der Waals surface area contributed by atoms with Crippen LogP contribution in [0.1, 0.15) is 50.4 Å². The first kappa shape index (κ1) is 17.7. The fourth-order valence-electron chi connectivity index (χ4n) is 2.67. The standard InChI is InChI=1S/C18H28O3/c1-4-16(12-19)11-14(2)10-15(3)13-21-18(20)17-8-6-5-7-9-17/h5-9,14-16,19H,4,10-13H2,1-3H3/t14-,15+,16?/m1/s1. The summed E-state index contributed by atoms with van der Waals surface area (Å²) in [6, 6.07) is 9.08. The summed E-state index contributed by atoms with van der Waals surface area (Å²) < 4.78 is 5.36. The van der Waals surface area contributed by atoms with Crippen LogP contribution in [0.4, 0.5) is 0 Å². The summed E-state index contributed by atoms with van der Waals surface area (Å²) >= 11 is 0. The molecule has 1 unspecified atom stereocenters. The number of ether oxygens (including phenoxy) is 1. The molecule has 1 rings (SSSR count). The molecule has 0 aliphatic carbocycles. The number of hydrogen-bond acceptors (Lipinski definition) is 3. The van der Waals surface area contributed by atoms with Crippen molar-refractivity contribution in [1.29, 1.82) is 0 Å². The van der Waals surface area contributed by atoms with Crippen molar-refractivity contribution >= 4 is 5.97 Å². The highest BCUT2D eigenvalue weighted by atomic mass is 16.5. The molecule has 3 atom stereocenters. The van der Waals surface area contributed by atoms with E-state index in [1.165, 1.54) is 0 Å². The molecule has 0 aliphatic heterocycles. The molecule has 0 aromatic heterocycles. The predicted octanol–water partition coefficient (Wildman–Crippen LogP) is 3.91. The number of aliphatic hydroxyl groups excluding tert-OH is 1. The maximum atomic E-state index is 11.9. The van der Waals surface area contributed by atoms with E-state index in [4.69, 9.17) is 4.74 Å². The van der Waals surface area contributed by atoms with Crippen molar-refractivity contribution in [3.8, 4) is 0 Å². The van der Waals surface area contributed by atoms with Gasteiger partial charge in [0.1, 0.15) is 0 Å². The smallest absolute Gasteiger partial charge is 0.338 e. The Labute approximate surface area is 128 Å². The van der Waals surface area contributed by atoms with Crippen molar-refractivity contribution < 1.29 is 14.6 Å². The van der Waals surface area contributed by atoms with E-state index in [0.717, 1.165) is 19.3 Å². The lowest BCUT2D eigenvalue weighted by molar-refractivity contribution is 0.0430. The monoisotopic (exact) mass is 292 g/mol. The number of carbonyl (C=O) groups is 1. The largest absolute Gasteiger partial charge is 0.462 e. The van der Waals surface area contributed by atoms with E-state index in [0.29, 0.717) is 29.9 Å². The SMILES string of the molecule is CCC(CO)C[C@H](C)C[C@H](C)COC(=O)c1ccccc1. The van der Waals surface area contributed by atoms with Crippen LogP contribution in [0.15, 0.2) is 30.3 Å². The number of benzene rings is 1. The molecule has 3 nitrogen and oxygen atoms in total. The highest BCUT2D eigenvalue weighted by Gasteiger charge is 2.15. The molecule has 1 N–H and O–H groups in total. The fourth-order valence-corrected chi connectivity index (χ4v) is 2.67. The van der Waals surface area contributed by atoms with Gasteiger partial charge in [-0.25, -0.2) is 4.79 Å². The molecule has 0 radical (unpaired) electrons.